The molecule has 0 radical (unpaired) electrons. The molecule has 3 nitrogen and oxygen atoms in total. The van der Waals surface area contributed by atoms with Crippen molar-refractivity contribution in [1.29, 1.82) is 0 Å². The largest absolute Gasteiger partial charge is 0.508 e. The van der Waals surface area contributed by atoms with Crippen LogP contribution in [0.4, 0.5) is 0 Å². The second-order valence-electron chi connectivity index (χ2n) is 9.61. The van der Waals surface area contributed by atoms with Gasteiger partial charge in [0.15, 0.2) is 0 Å². The van der Waals surface area contributed by atoms with Gasteiger partial charge in [-0.1, -0.05) is 49.4 Å². The predicted molar refractivity (Wildman–Crippen MR) is 135 cm³/mol. The summed E-state index contributed by atoms with van der Waals surface area (Å²) >= 11 is 0. The lowest BCUT2D eigenvalue weighted by Crippen LogP contribution is -2.61. The van der Waals surface area contributed by atoms with Gasteiger partial charge in [0.05, 0.1) is 0 Å². The normalized spacial score (nSPS) is 27.9. The van der Waals surface area contributed by atoms with E-state index in [4.69, 9.17) is 0 Å². The highest BCUT2D eigenvalue weighted by molar-refractivity contribution is 5.85. The predicted octanol–water partition coefficient (Wildman–Crippen LogP) is 5.54. The van der Waals surface area contributed by atoms with Crippen molar-refractivity contribution >= 4 is 24.8 Å². The van der Waals surface area contributed by atoms with Crippen LogP contribution in [0.15, 0.2) is 54.6 Å². The fourth-order valence-corrected chi connectivity index (χ4v) is 5.90. The van der Waals surface area contributed by atoms with Crippen LogP contribution in [0.25, 0.3) is 0 Å². The van der Waals surface area contributed by atoms with Gasteiger partial charge in [0.25, 0.3) is 0 Å². The van der Waals surface area contributed by atoms with E-state index in [0.29, 0.717) is 23.8 Å². The molecule has 2 aromatic carbocycles. The molecule has 0 aromatic heterocycles. The average Bonchev–Trinajstić information content (AvgIpc) is 2.72. The van der Waals surface area contributed by atoms with Crippen LogP contribution in [-0.4, -0.2) is 54.2 Å². The highest BCUT2D eigenvalue weighted by Crippen LogP contribution is 2.51. The molecule has 5 heteroatoms. The minimum atomic E-state index is 0. The van der Waals surface area contributed by atoms with E-state index in [0.717, 1.165) is 13.0 Å². The average molecular weight is 466 g/mol. The van der Waals surface area contributed by atoms with Crippen LogP contribution >= 0.6 is 24.8 Å². The van der Waals surface area contributed by atoms with Gasteiger partial charge in [-0.2, -0.15) is 0 Å². The lowest BCUT2D eigenvalue weighted by Gasteiger charge is -2.57. The third-order valence-electron chi connectivity index (χ3n) is 7.62. The molecule has 1 aliphatic carbocycles. The summed E-state index contributed by atoms with van der Waals surface area (Å²) in [4.78, 5) is 5.19. The Hall–Kier alpha value is -1.26. The number of benzene rings is 2. The molecule has 0 amide bonds. The van der Waals surface area contributed by atoms with Crippen molar-refractivity contribution in [3.05, 3.63) is 65.7 Å². The van der Waals surface area contributed by atoms with E-state index >= 15 is 0 Å². The maximum absolute atomic E-state index is 10.2. The SMILES string of the molecule is C[C@@H]1CN(CCCc2ccccc2)[C@H]2C[C@H](N(C)C)C[C@]1(c1cccc(O)c1)C2.Cl.Cl. The Kier molecular flexibility index (Phi) is 9.27. The second kappa shape index (κ2) is 11.0. The van der Waals surface area contributed by atoms with Gasteiger partial charge in [-0.15, -0.1) is 24.8 Å². The molecule has 0 spiro atoms. The van der Waals surface area contributed by atoms with Gasteiger partial charge < -0.3 is 10.0 Å². The van der Waals surface area contributed by atoms with Gasteiger partial charge in [0.1, 0.15) is 5.75 Å². The number of aromatic hydroxyl groups is 1. The summed E-state index contributed by atoms with van der Waals surface area (Å²) in [5.74, 6) is 0.984. The van der Waals surface area contributed by atoms with E-state index in [2.05, 4.69) is 67.2 Å². The van der Waals surface area contributed by atoms with Crippen molar-refractivity contribution in [3.63, 3.8) is 0 Å². The monoisotopic (exact) mass is 464 g/mol. The lowest BCUT2D eigenvalue weighted by atomic mass is 9.57. The van der Waals surface area contributed by atoms with Crippen LogP contribution in [0.3, 0.4) is 0 Å². The molecule has 1 N–H and O–H groups in total. The molecule has 2 aromatic rings. The Morgan fingerprint density at radius 2 is 1.77 bits per heavy atom. The van der Waals surface area contributed by atoms with Crippen molar-refractivity contribution < 1.29 is 5.11 Å². The molecule has 0 unspecified atom stereocenters. The van der Waals surface area contributed by atoms with E-state index in [1.807, 2.05) is 12.1 Å². The van der Waals surface area contributed by atoms with Crippen molar-refractivity contribution in [2.45, 2.75) is 56.5 Å². The Balaban J connectivity index is 0.00000171. The standard InChI is InChI=1S/C26H36N2O.2ClH/c1-20-19-28(14-8-11-21-9-5-4-6-10-21)24-16-23(27(2)3)17-26(20,18-24)22-12-7-13-25(29)15-22;;/h4-7,9-10,12-13,15,20,23-24,29H,8,11,14,16-19H2,1-3H3;2*1H/t20-,23+,24+,26+;;/m1../s1. The van der Waals surface area contributed by atoms with Gasteiger partial charge in [0.2, 0.25) is 0 Å². The molecule has 172 valence electrons. The fraction of sp³-hybridized carbons (Fsp3) is 0.538. The summed E-state index contributed by atoms with van der Waals surface area (Å²) in [6, 6.07) is 20.2. The van der Waals surface area contributed by atoms with Crippen molar-refractivity contribution in [1.82, 2.24) is 9.80 Å². The Labute approximate surface area is 200 Å². The molecule has 4 atom stereocenters. The molecular formula is C26H38Cl2N2O. The van der Waals surface area contributed by atoms with Crippen LogP contribution in [0.1, 0.15) is 43.7 Å². The molecule has 4 rings (SSSR count). The van der Waals surface area contributed by atoms with Crippen LogP contribution in [-0.2, 0) is 11.8 Å². The number of nitrogens with zero attached hydrogens (tertiary/aromatic N) is 2. The Morgan fingerprint density at radius 3 is 2.45 bits per heavy atom. The first-order chi connectivity index (χ1) is 14.0. The number of fused-ring (bicyclic) bond motifs is 2. The van der Waals surface area contributed by atoms with E-state index in [1.165, 1.54) is 43.4 Å². The number of phenols is 1. The summed E-state index contributed by atoms with van der Waals surface area (Å²) in [5, 5.41) is 10.2. The van der Waals surface area contributed by atoms with Crippen molar-refractivity contribution in [3.8, 4) is 5.75 Å². The first-order valence-corrected chi connectivity index (χ1v) is 11.2. The van der Waals surface area contributed by atoms with Gasteiger partial charge in [-0.05, 0) is 81.9 Å². The minimum absolute atomic E-state index is 0. The molecular weight excluding hydrogens is 427 g/mol. The van der Waals surface area contributed by atoms with Crippen molar-refractivity contribution in [2.24, 2.45) is 5.92 Å². The highest BCUT2D eigenvalue weighted by Gasteiger charge is 2.51. The quantitative estimate of drug-likeness (QED) is 0.607. The number of piperidine rings is 1. The fourth-order valence-electron chi connectivity index (χ4n) is 5.90. The number of halogens is 2. The summed E-state index contributed by atoms with van der Waals surface area (Å²) in [7, 11) is 4.46. The molecule has 1 saturated heterocycles. The third-order valence-corrected chi connectivity index (χ3v) is 7.62. The van der Waals surface area contributed by atoms with Gasteiger partial charge in [-0.25, -0.2) is 0 Å². The van der Waals surface area contributed by atoms with Crippen LogP contribution in [0.5, 0.6) is 5.75 Å². The zero-order valence-electron chi connectivity index (χ0n) is 19.0. The first-order valence-electron chi connectivity index (χ1n) is 11.2. The lowest BCUT2D eigenvalue weighted by molar-refractivity contribution is -0.0212. The molecule has 1 aliphatic heterocycles. The number of hydrogen-bond acceptors (Lipinski definition) is 3. The van der Waals surface area contributed by atoms with E-state index in [9.17, 15) is 5.11 Å². The maximum atomic E-state index is 10.2. The second-order valence-corrected chi connectivity index (χ2v) is 9.61. The highest BCUT2D eigenvalue weighted by atomic mass is 35.5. The molecule has 2 bridgehead atoms. The minimum Gasteiger partial charge on any atom is -0.508 e. The number of likely N-dealkylation sites (tertiary alicyclic amines) is 1. The Bertz CT molecular complexity index is 816. The zero-order valence-corrected chi connectivity index (χ0v) is 20.7. The van der Waals surface area contributed by atoms with Crippen LogP contribution < -0.4 is 0 Å². The summed E-state index contributed by atoms with van der Waals surface area (Å²) in [6.45, 7) is 4.78. The van der Waals surface area contributed by atoms with Gasteiger partial charge in [-0.3, -0.25) is 4.90 Å². The number of rotatable bonds is 6. The van der Waals surface area contributed by atoms with Crippen LogP contribution in [0.2, 0.25) is 0 Å². The zero-order chi connectivity index (χ0) is 20.4. The van der Waals surface area contributed by atoms with Gasteiger partial charge >= 0.3 is 0 Å². The first kappa shape index (κ1) is 26.0. The van der Waals surface area contributed by atoms with E-state index in [1.54, 1.807) is 6.07 Å². The van der Waals surface area contributed by atoms with E-state index < -0.39 is 0 Å². The number of hydrogen-bond donors (Lipinski definition) is 1. The molecule has 1 saturated carbocycles. The van der Waals surface area contributed by atoms with E-state index in [-0.39, 0.29) is 30.2 Å². The summed E-state index contributed by atoms with van der Waals surface area (Å²) in [6.07, 6.45) is 6.05. The number of aryl methyl sites for hydroxylation is 1. The molecule has 2 fully saturated rings. The smallest absolute Gasteiger partial charge is 0.115 e. The molecule has 2 aliphatic rings. The maximum Gasteiger partial charge on any atom is 0.115 e. The molecule has 1 heterocycles. The third kappa shape index (κ3) is 5.57. The topological polar surface area (TPSA) is 26.7 Å². The molecule has 31 heavy (non-hydrogen) atoms. The summed E-state index contributed by atoms with van der Waals surface area (Å²) in [5.41, 5.74) is 2.96. The van der Waals surface area contributed by atoms with Crippen LogP contribution in [0, 0.1) is 5.92 Å². The van der Waals surface area contributed by atoms with Crippen molar-refractivity contribution in [2.75, 3.05) is 27.2 Å². The number of phenolic OH excluding ortho intramolecular Hbond substituents is 1. The Morgan fingerprint density at radius 1 is 1.03 bits per heavy atom. The summed E-state index contributed by atoms with van der Waals surface area (Å²) < 4.78 is 0. The van der Waals surface area contributed by atoms with Gasteiger partial charge in [0, 0.05) is 24.0 Å².